The highest BCUT2D eigenvalue weighted by Crippen LogP contribution is 2.33. The number of carbonyl (C=O) groups is 1. The van der Waals surface area contributed by atoms with Crippen molar-refractivity contribution in [3.05, 3.63) is 70.8 Å². The van der Waals surface area contributed by atoms with Gasteiger partial charge in [-0.15, -0.1) is 5.10 Å². The lowest BCUT2D eigenvalue weighted by Gasteiger charge is -2.11. The highest BCUT2D eigenvalue weighted by Gasteiger charge is 2.34. The zero-order valence-corrected chi connectivity index (χ0v) is 13.5. The van der Waals surface area contributed by atoms with Gasteiger partial charge in [-0.3, -0.25) is 4.79 Å². The standard InChI is InChI=1S/C16H9ClF4N4O/c17-10-5-3-6-11(14(10)18)22-15(26)12-8-25(24-23-12)13-7-2-1-4-9(13)16(19,20)21/h1-8H,(H,22,26). The summed E-state index contributed by atoms with van der Waals surface area (Å²) in [5, 5.41) is 9.14. The predicted octanol–water partition coefficient (Wildman–Crippen LogP) is 4.33. The highest BCUT2D eigenvalue weighted by atomic mass is 35.5. The number of hydrogen-bond acceptors (Lipinski definition) is 3. The van der Waals surface area contributed by atoms with Gasteiger partial charge in [-0.25, -0.2) is 9.07 Å². The van der Waals surface area contributed by atoms with Crippen LogP contribution in [0.25, 0.3) is 5.69 Å². The summed E-state index contributed by atoms with van der Waals surface area (Å²) >= 11 is 5.62. The minimum atomic E-state index is -4.60. The number of anilines is 1. The predicted molar refractivity (Wildman–Crippen MR) is 85.7 cm³/mol. The lowest BCUT2D eigenvalue weighted by atomic mass is 10.1. The van der Waals surface area contributed by atoms with Crippen molar-refractivity contribution in [1.82, 2.24) is 15.0 Å². The van der Waals surface area contributed by atoms with Crippen LogP contribution in [0.1, 0.15) is 16.1 Å². The lowest BCUT2D eigenvalue weighted by Crippen LogP contribution is -2.13. The number of benzene rings is 2. The number of hydrogen-bond donors (Lipinski definition) is 1. The van der Waals surface area contributed by atoms with Gasteiger partial charge in [0.1, 0.15) is 0 Å². The van der Waals surface area contributed by atoms with Gasteiger partial charge in [-0.2, -0.15) is 13.2 Å². The number of amides is 1. The summed E-state index contributed by atoms with van der Waals surface area (Å²) in [4.78, 5) is 12.1. The molecule has 3 aromatic rings. The fraction of sp³-hybridized carbons (Fsp3) is 0.0625. The molecule has 0 bridgehead atoms. The molecule has 0 saturated carbocycles. The summed E-state index contributed by atoms with van der Waals surface area (Å²) in [5.41, 5.74) is -1.70. The Morgan fingerprint density at radius 2 is 1.85 bits per heavy atom. The van der Waals surface area contributed by atoms with Crippen LogP contribution < -0.4 is 5.32 Å². The van der Waals surface area contributed by atoms with E-state index >= 15 is 0 Å². The van der Waals surface area contributed by atoms with Gasteiger partial charge in [0, 0.05) is 0 Å². The smallest absolute Gasteiger partial charge is 0.318 e. The molecule has 0 fully saturated rings. The first-order valence-corrected chi connectivity index (χ1v) is 7.49. The van der Waals surface area contributed by atoms with E-state index in [2.05, 4.69) is 15.6 Å². The Kier molecular flexibility index (Phi) is 4.64. The molecule has 1 heterocycles. The Labute approximate surface area is 149 Å². The van der Waals surface area contributed by atoms with Crippen LogP contribution >= 0.6 is 11.6 Å². The number of rotatable bonds is 3. The minimum absolute atomic E-state index is 0.187. The molecule has 5 nitrogen and oxygen atoms in total. The van der Waals surface area contributed by atoms with Crippen LogP contribution in [-0.4, -0.2) is 20.9 Å². The summed E-state index contributed by atoms with van der Waals surface area (Å²) < 4.78 is 53.9. The van der Waals surface area contributed by atoms with E-state index in [1.165, 1.54) is 36.4 Å². The quantitative estimate of drug-likeness (QED) is 0.684. The SMILES string of the molecule is O=C(Nc1cccc(Cl)c1F)c1cn(-c2ccccc2C(F)(F)F)nn1. The fourth-order valence-corrected chi connectivity index (χ4v) is 2.36. The summed E-state index contributed by atoms with van der Waals surface area (Å²) in [6.07, 6.45) is -3.59. The van der Waals surface area contributed by atoms with Crippen LogP contribution in [0, 0.1) is 5.82 Å². The first kappa shape index (κ1) is 17.9. The van der Waals surface area contributed by atoms with E-state index in [4.69, 9.17) is 11.6 Å². The zero-order valence-electron chi connectivity index (χ0n) is 12.8. The molecule has 1 N–H and O–H groups in total. The second-order valence-electron chi connectivity index (χ2n) is 5.12. The molecule has 3 rings (SSSR count). The number of nitrogens with one attached hydrogen (secondary N) is 1. The summed E-state index contributed by atoms with van der Waals surface area (Å²) in [5.74, 6) is -1.68. The molecule has 26 heavy (non-hydrogen) atoms. The first-order chi connectivity index (χ1) is 12.3. The molecule has 0 aliphatic heterocycles. The number of carbonyl (C=O) groups excluding carboxylic acids is 1. The molecule has 2 aromatic carbocycles. The molecule has 134 valence electrons. The molecule has 0 aliphatic carbocycles. The number of halogens is 5. The molecule has 1 amide bonds. The molecule has 0 unspecified atom stereocenters. The average Bonchev–Trinajstić information content (AvgIpc) is 3.08. The molecule has 0 radical (unpaired) electrons. The van der Waals surface area contributed by atoms with Crippen molar-refractivity contribution in [2.24, 2.45) is 0 Å². The zero-order chi connectivity index (χ0) is 18.9. The maximum atomic E-state index is 13.8. The van der Waals surface area contributed by atoms with E-state index in [-0.39, 0.29) is 22.1 Å². The van der Waals surface area contributed by atoms with Gasteiger partial charge in [-0.05, 0) is 24.3 Å². The van der Waals surface area contributed by atoms with Gasteiger partial charge in [0.2, 0.25) is 0 Å². The number of alkyl halides is 3. The van der Waals surface area contributed by atoms with Gasteiger partial charge < -0.3 is 5.32 Å². The average molecular weight is 385 g/mol. The molecule has 0 atom stereocenters. The second kappa shape index (κ2) is 6.75. The van der Waals surface area contributed by atoms with E-state index < -0.39 is 23.5 Å². The Morgan fingerprint density at radius 3 is 2.58 bits per heavy atom. The monoisotopic (exact) mass is 384 g/mol. The largest absolute Gasteiger partial charge is 0.418 e. The van der Waals surface area contributed by atoms with E-state index in [1.807, 2.05) is 0 Å². The van der Waals surface area contributed by atoms with Crippen LogP contribution in [0.15, 0.2) is 48.7 Å². The van der Waals surface area contributed by atoms with Crippen LogP contribution in [0.2, 0.25) is 5.02 Å². The van der Waals surface area contributed by atoms with Crippen molar-refractivity contribution in [3.63, 3.8) is 0 Å². The third-order valence-electron chi connectivity index (χ3n) is 3.38. The number of aromatic nitrogens is 3. The summed E-state index contributed by atoms with van der Waals surface area (Å²) in [6, 6.07) is 8.72. The van der Waals surface area contributed by atoms with E-state index in [1.54, 1.807) is 0 Å². The van der Waals surface area contributed by atoms with Gasteiger partial charge in [0.15, 0.2) is 11.5 Å². The third-order valence-corrected chi connectivity index (χ3v) is 3.67. The minimum Gasteiger partial charge on any atom is -0.318 e. The molecular formula is C16H9ClF4N4O. The maximum Gasteiger partial charge on any atom is 0.418 e. The van der Waals surface area contributed by atoms with Crippen molar-refractivity contribution in [3.8, 4) is 5.69 Å². The van der Waals surface area contributed by atoms with Crippen LogP contribution in [-0.2, 0) is 6.18 Å². The molecule has 10 heteroatoms. The Hall–Kier alpha value is -2.94. The summed E-state index contributed by atoms with van der Waals surface area (Å²) in [6.45, 7) is 0. The van der Waals surface area contributed by atoms with E-state index in [0.29, 0.717) is 0 Å². The third kappa shape index (κ3) is 3.52. The topological polar surface area (TPSA) is 59.8 Å². The van der Waals surface area contributed by atoms with Crippen LogP contribution in [0.4, 0.5) is 23.2 Å². The highest BCUT2D eigenvalue weighted by molar-refractivity contribution is 6.31. The molecule has 0 spiro atoms. The second-order valence-corrected chi connectivity index (χ2v) is 5.53. The van der Waals surface area contributed by atoms with Crippen LogP contribution in [0.5, 0.6) is 0 Å². The van der Waals surface area contributed by atoms with Gasteiger partial charge >= 0.3 is 6.18 Å². The molecular weight excluding hydrogens is 376 g/mol. The van der Waals surface area contributed by atoms with Gasteiger partial charge in [-0.1, -0.05) is 35.0 Å². The number of para-hydroxylation sites is 1. The molecule has 1 aromatic heterocycles. The first-order valence-electron chi connectivity index (χ1n) is 7.11. The number of nitrogens with zero attached hydrogens (tertiary/aromatic N) is 3. The maximum absolute atomic E-state index is 13.8. The summed E-state index contributed by atoms with van der Waals surface area (Å²) in [7, 11) is 0. The van der Waals surface area contributed by atoms with Crippen molar-refractivity contribution in [2.75, 3.05) is 5.32 Å². The van der Waals surface area contributed by atoms with Crippen molar-refractivity contribution in [1.29, 1.82) is 0 Å². The Bertz CT molecular complexity index is 971. The van der Waals surface area contributed by atoms with Crippen LogP contribution in [0.3, 0.4) is 0 Å². The van der Waals surface area contributed by atoms with E-state index in [9.17, 15) is 22.4 Å². The fourth-order valence-electron chi connectivity index (χ4n) is 2.19. The van der Waals surface area contributed by atoms with Gasteiger partial charge in [0.25, 0.3) is 5.91 Å². The van der Waals surface area contributed by atoms with Crippen molar-refractivity contribution < 1.29 is 22.4 Å². The normalized spacial score (nSPS) is 11.4. The molecule has 0 saturated heterocycles. The van der Waals surface area contributed by atoms with E-state index in [0.717, 1.165) is 16.9 Å². The van der Waals surface area contributed by atoms with Crippen molar-refractivity contribution in [2.45, 2.75) is 6.18 Å². The Balaban J connectivity index is 1.89. The molecule has 0 aliphatic rings. The Morgan fingerprint density at radius 1 is 1.12 bits per heavy atom. The van der Waals surface area contributed by atoms with Gasteiger partial charge in [0.05, 0.1) is 28.2 Å². The lowest BCUT2D eigenvalue weighted by molar-refractivity contribution is -0.137. The van der Waals surface area contributed by atoms with Crippen molar-refractivity contribution >= 4 is 23.2 Å².